The van der Waals surface area contributed by atoms with Crippen LogP contribution in [-0.2, 0) is 16.0 Å². The number of para-hydroxylation sites is 1. The number of aromatic amines is 1. The van der Waals surface area contributed by atoms with Crippen LogP contribution in [0.15, 0.2) is 48.5 Å². The number of carboxylic acid groups (broad SMARTS) is 1. The van der Waals surface area contributed by atoms with Gasteiger partial charge >= 0.3 is 5.97 Å². The normalized spacial score (nSPS) is 19.1. The molecule has 0 saturated heterocycles. The molecule has 1 aromatic heterocycles. The summed E-state index contributed by atoms with van der Waals surface area (Å²) >= 11 is 0. The van der Waals surface area contributed by atoms with E-state index in [1.807, 2.05) is 36.4 Å². The number of hydrogen-bond acceptors (Lipinski definition) is 2. The number of benzene rings is 2. The van der Waals surface area contributed by atoms with Gasteiger partial charge in [-0.2, -0.15) is 0 Å². The van der Waals surface area contributed by atoms with E-state index in [-0.39, 0.29) is 5.91 Å². The fraction of sp³-hybridized carbons (Fsp3) is 0.304. The molecule has 144 valence electrons. The Hall–Kier alpha value is -3.08. The summed E-state index contributed by atoms with van der Waals surface area (Å²) < 4.78 is 0. The van der Waals surface area contributed by atoms with E-state index in [1.54, 1.807) is 0 Å². The van der Waals surface area contributed by atoms with E-state index in [9.17, 15) is 14.7 Å². The van der Waals surface area contributed by atoms with Crippen LogP contribution in [0.1, 0.15) is 55.1 Å². The van der Waals surface area contributed by atoms with E-state index in [0.29, 0.717) is 12.3 Å². The molecule has 0 saturated carbocycles. The summed E-state index contributed by atoms with van der Waals surface area (Å²) in [6.07, 6.45) is 0.300. The number of carbonyl (C=O) groups is 2. The zero-order valence-corrected chi connectivity index (χ0v) is 16.3. The second-order valence-electron chi connectivity index (χ2n) is 7.77. The van der Waals surface area contributed by atoms with Gasteiger partial charge in [0.25, 0.3) is 0 Å². The minimum atomic E-state index is -0.977. The lowest BCUT2D eigenvalue weighted by atomic mass is 9.87. The van der Waals surface area contributed by atoms with E-state index in [1.165, 1.54) is 17.4 Å². The fourth-order valence-electron chi connectivity index (χ4n) is 4.28. The molecule has 0 radical (unpaired) electrons. The number of rotatable bonds is 3. The zero-order valence-electron chi connectivity index (χ0n) is 16.3. The van der Waals surface area contributed by atoms with E-state index >= 15 is 0 Å². The van der Waals surface area contributed by atoms with Crippen LogP contribution in [0.25, 0.3) is 10.9 Å². The van der Waals surface area contributed by atoms with Gasteiger partial charge in [0.2, 0.25) is 5.91 Å². The molecule has 2 N–H and O–H groups in total. The molecule has 1 aliphatic rings. The number of amides is 1. The number of H-pyrrole nitrogens is 1. The van der Waals surface area contributed by atoms with Crippen LogP contribution in [0.3, 0.4) is 0 Å². The first-order valence-electron chi connectivity index (χ1n) is 9.59. The Bertz CT molecular complexity index is 1050. The lowest BCUT2D eigenvalue weighted by molar-refractivity contribution is -0.151. The molecular formula is C23H24N2O3. The summed E-state index contributed by atoms with van der Waals surface area (Å²) in [5, 5.41) is 10.9. The second-order valence-corrected chi connectivity index (χ2v) is 7.77. The maximum absolute atomic E-state index is 12.5. The minimum Gasteiger partial charge on any atom is -0.480 e. The number of hydrogen-bond donors (Lipinski definition) is 2. The van der Waals surface area contributed by atoms with Crippen molar-refractivity contribution in [3.8, 4) is 0 Å². The molecule has 1 amide bonds. The Morgan fingerprint density at radius 3 is 2.39 bits per heavy atom. The fourth-order valence-corrected chi connectivity index (χ4v) is 4.28. The Morgan fingerprint density at radius 1 is 1.11 bits per heavy atom. The number of aliphatic carboxylic acids is 1. The molecule has 5 heteroatoms. The molecule has 1 unspecified atom stereocenters. The number of carboxylic acids is 1. The number of nitrogens with zero attached hydrogens (tertiary/aromatic N) is 1. The standard InChI is InChI=1S/C23H24N2O3/c1-13(2)15-8-10-16(11-9-15)22-21-18(17-6-4-5-7-19(17)24-21)12-20(23(27)28)25(22)14(3)26/h4-11,13,20,22,24H,12H2,1-3H3,(H,27,28)/t20-,22?/m0/s1. The Morgan fingerprint density at radius 2 is 1.79 bits per heavy atom. The largest absolute Gasteiger partial charge is 0.480 e. The smallest absolute Gasteiger partial charge is 0.326 e. The first kappa shape index (κ1) is 18.3. The van der Waals surface area contributed by atoms with Crippen LogP contribution >= 0.6 is 0 Å². The van der Waals surface area contributed by atoms with Crippen molar-refractivity contribution in [2.45, 2.75) is 45.2 Å². The van der Waals surface area contributed by atoms with Gasteiger partial charge in [-0.15, -0.1) is 0 Å². The van der Waals surface area contributed by atoms with Gasteiger partial charge in [0.05, 0.1) is 6.04 Å². The highest BCUT2D eigenvalue weighted by atomic mass is 16.4. The highest BCUT2D eigenvalue weighted by Crippen LogP contribution is 2.41. The van der Waals surface area contributed by atoms with Crippen molar-refractivity contribution in [3.05, 3.63) is 70.9 Å². The summed E-state index contributed by atoms with van der Waals surface area (Å²) in [5.74, 6) is -0.815. The molecule has 2 aromatic carbocycles. The maximum atomic E-state index is 12.5. The SMILES string of the molecule is CC(=O)N1C(c2ccc(C(C)C)cc2)c2[nH]c3ccccc3c2C[C@H]1C(=O)O. The van der Waals surface area contributed by atoms with Crippen LogP contribution in [-0.4, -0.2) is 32.9 Å². The lowest BCUT2D eigenvalue weighted by Crippen LogP contribution is -2.50. The highest BCUT2D eigenvalue weighted by molar-refractivity contribution is 5.90. The van der Waals surface area contributed by atoms with E-state index in [4.69, 9.17) is 0 Å². The van der Waals surface area contributed by atoms with Crippen LogP contribution in [0.5, 0.6) is 0 Å². The van der Waals surface area contributed by atoms with E-state index in [0.717, 1.165) is 27.7 Å². The summed E-state index contributed by atoms with van der Waals surface area (Å²) in [4.78, 5) is 29.6. The molecular weight excluding hydrogens is 352 g/mol. The molecule has 4 rings (SSSR count). The maximum Gasteiger partial charge on any atom is 0.326 e. The van der Waals surface area contributed by atoms with Crippen LogP contribution in [0.2, 0.25) is 0 Å². The van der Waals surface area contributed by atoms with Crippen molar-refractivity contribution in [2.24, 2.45) is 0 Å². The summed E-state index contributed by atoms with van der Waals surface area (Å²) in [6.45, 7) is 5.71. The first-order valence-corrected chi connectivity index (χ1v) is 9.59. The van der Waals surface area contributed by atoms with Crippen molar-refractivity contribution in [1.82, 2.24) is 9.88 Å². The summed E-state index contributed by atoms with van der Waals surface area (Å²) in [6, 6.07) is 14.7. The monoisotopic (exact) mass is 376 g/mol. The van der Waals surface area contributed by atoms with Crippen molar-refractivity contribution < 1.29 is 14.7 Å². The molecule has 5 nitrogen and oxygen atoms in total. The lowest BCUT2D eigenvalue weighted by Gasteiger charge is -2.40. The number of nitrogens with one attached hydrogen (secondary N) is 1. The molecule has 3 aromatic rings. The van der Waals surface area contributed by atoms with Crippen LogP contribution < -0.4 is 0 Å². The van der Waals surface area contributed by atoms with Gasteiger partial charge < -0.3 is 15.0 Å². The quantitative estimate of drug-likeness (QED) is 0.718. The Kier molecular flexibility index (Phi) is 4.46. The topological polar surface area (TPSA) is 73.4 Å². The van der Waals surface area contributed by atoms with Crippen molar-refractivity contribution in [3.63, 3.8) is 0 Å². The molecule has 2 atom stereocenters. The first-order chi connectivity index (χ1) is 13.4. The van der Waals surface area contributed by atoms with Gasteiger partial charge in [-0.3, -0.25) is 4.79 Å². The van der Waals surface area contributed by atoms with Gasteiger partial charge in [-0.1, -0.05) is 56.3 Å². The second kappa shape index (κ2) is 6.82. The van der Waals surface area contributed by atoms with Crippen LogP contribution in [0.4, 0.5) is 0 Å². The third kappa shape index (κ3) is 2.87. The average molecular weight is 376 g/mol. The zero-order chi connectivity index (χ0) is 20.0. The van der Waals surface area contributed by atoms with Gasteiger partial charge in [0.15, 0.2) is 0 Å². The van der Waals surface area contributed by atoms with Crippen LogP contribution in [0, 0.1) is 0 Å². The summed E-state index contributed by atoms with van der Waals surface area (Å²) in [5.41, 5.74) is 4.98. The van der Waals surface area contributed by atoms with Gasteiger partial charge in [0, 0.05) is 29.9 Å². The highest BCUT2D eigenvalue weighted by Gasteiger charge is 2.42. The predicted molar refractivity (Wildman–Crippen MR) is 108 cm³/mol. The summed E-state index contributed by atoms with van der Waals surface area (Å²) in [7, 11) is 0. The van der Waals surface area contributed by atoms with Crippen molar-refractivity contribution in [2.75, 3.05) is 0 Å². The molecule has 0 spiro atoms. The number of aromatic nitrogens is 1. The molecule has 28 heavy (non-hydrogen) atoms. The molecule has 0 aliphatic carbocycles. The Labute approximate surface area is 164 Å². The van der Waals surface area contributed by atoms with Crippen molar-refractivity contribution >= 4 is 22.8 Å². The molecule has 0 bridgehead atoms. The van der Waals surface area contributed by atoms with E-state index in [2.05, 4.69) is 31.0 Å². The third-order valence-corrected chi connectivity index (χ3v) is 5.70. The van der Waals surface area contributed by atoms with Gasteiger partial charge in [0.1, 0.15) is 6.04 Å². The molecule has 0 fully saturated rings. The minimum absolute atomic E-state index is 0.241. The number of carbonyl (C=O) groups excluding carboxylic acids is 1. The predicted octanol–water partition coefficient (Wildman–Crippen LogP) is 4.24. The third-order valence-electron chi connectivity index (χ3n) is 5.70. The van der Waals surface area contributed by atoms with Gasteiger partial charge in [-0.05, 0) is 28.7 Å². The molecule has 1 aliphatic heterocycles. The number of fused-ring (bicyclic) bond motifs is 3. The molecule has 2 heterocycles. The van der Waals surface area contributed by atoms with Gasteiger partial charge in [-0.25, -0.2) is 4.79 Å². The Balaban J connectivity index is 1.94. The van der Waals surface area contributed by atoms with Crippen molar-refractivity contribution in [1.29, 1.82) is 0 Å². The van der Waals surface area contributed by atoms with E-state index < -0.39 is 18.1 Å². The average Bonchev–Trinajstić information content (AvgIpc) is 3.04.